The van der Waals surface area contributed by atoms with Crippen molar-refractivity contribution in [2.24, 2.45) is 5.92 Å². The quantitative estimate of drug-likeness (QED) is 0.642. The number of aromatic nitrogens is 2. The van der Waals surface area contributed by atoms with Crippen LogP contribution in [0.15, 0.2) is 12.3 Å². The highest BCUT2D eigenvalue weighted by atomic mass is 16.3. The van der Waals surface area contributed by atoms with Gasteiger partial charge < -0.3 is 16.2 Å². The molecule has 1 aliphatic carbocycles. The van der Waals surface area contributed by atoms with Crippen molar-refractivity contribution in [1.82, 2.24) is 9.97 Å². The Morgan fingerprint density at radius 3 is 3.00 bits per heavy atom. The molecular weight excluding hydrogens is 180 g/mol. The average Bonchev–Trinajstić information content (AvgIpc) is 2.11. The van der Waals surface area contributed by atoms with Crippen LogP contribution in [0.2, 0.25) is 0 Å². The van der Waals surface area contributed by atoms with E-state index in [-0.39, 0.29) is 6.10 Å². The maximum atomic E-state index is 9.08. The van der Waals surface area contributed by atoms with Crippen LogP contribution in [-0.2, 0) is 0 Å². The van der Waals surface area contributed by atoms with E-state index in [1.54, 1.807) is 12.3 Å². The number of aliphatic hydroxyl groups is 1. The van der Waals surface area contributed by atoms with Gasteiger partial charge in [0.2, 0.25) is 5.95 Å². The number of nitrogens with zero attached hydrogens (tertiary/aromatic N) is 2. The summed E-state index contributed by atoms with van der Waals surface area (Å²) in [5, 5.41) is 12.2. The molecule has 4 N–H and O–H groups in total. The van der Waals surface area contributed by atoms with Crippen LogP contribution in [0.3, 0.4) is 0 Å². The molecule has 0 radical (unpaired) electrons. The lowest BCUT2D eigenvalue weighted by Crippen LogP contribution is -2.33. The SMILES string of the molecule is Nc1ccnc(NCC2CC(O)C2)n1. The molecule has 1 saturated carbocycles. The third kappa shape index (κ3) is 2.11. The second-order valence-electron chi connectivity index (χ2n) is 3.68. The van der Waals surface area contributed by atoms with Crippen molar-refractivity contribution in [2.45, 2.75) is 18.9 Å². The molecule has 1 fully saturated rings. The summed E-state index contributed by atoms with van der Waals surface area (Å²) in [7, 11) is 0. The summed E-state index contributed by atoms with van der Waals surface area (Å²) in [6.07, 6.45) is 3.26. The molecule has 5 heteroatoms. The van der Waals surface area contributed by atoms with Gasteiger partial charge in [0, 0.05) is 12.7 Å². The van der Waals surface area contributed by atoms with Gasteiger partial charge in [-0.1, -0.05) is 0 Å². The van der Waals surface area contributed by atoms with Crippen LogP contribution in [0.1, 0.15) is 12.8 Å². The second-order valence-corrected chi connectivity index (χ2v) is 3.68. The monoisotopic (exact) mass is 194 g/mol. The van der Waals surface area contributed by atoms with Crippen LogP contribution in [0.5, 0.6) is 0 Å². The van der Waals surface area contributed by atoms with Crippen molar-refractivity contribution in [3.63, 3.8) is 0 Å². The first-order chi connectivity index (χ1) is 6.74. The van der Waals surface area contributed by atoms with Gasteiger partial charge in [-0.15, -0.1) is 0 Å². The molecule has 14 heavy (non-hydrogen) atoms. The molecule has 0 spiro atoms. The molecule has 0 aliphatic heterocycles. The molecule has 1 aromatic rings. The Balaban J connectivity index is 1.80. The molecule has 1 aromatic heterocycles. The van der Waals surface area contributed by atoms with Crippen LogP contribution < -0.4 is 11.1 Å². The van der Waals surface area contributed by atoms with E-state index in [4.69, 9.17) is 10.8 Å². The van der Waals surface area contributed by atoms with Crippen molar-refractivity contribution in [1.29, 1.82) is 0 Å². The number of aliphatic hydroxyl groups excluding tert-OH is 1. The lowest BCUT2D eigenvalue weighted by molar-refractivity contribution is 0.0486. The number of nitrogens with one attached hydrogen (secondary N) is 1. The normalized spacial score (nSPS) is 25.5. The van der Waals surface area contributed by atoms with Crippen LogP contribution in [0.4, 0.5) is 11.8 Å². The summed E-state index contributed by atoms with van der Waals surface area (Å²) in [6, 6.07) is 1.65. The van der Waals surface area contributed by atoms with E-state index in [0.717, 1.165) is 19.4 Å². The molecule has 76 valence electrons. The van der Waals surface area contributed by atoms with E-state index in [1.807, 2.05) is 0 Å². The van der Waals surface area contributed by atoms with Gasteiger partial charge in [0.05, 0.1) is 6.10 Å². The summed E-state index contributed by atoms with van der Waals surface area (Å²) in [5.41, 5.74) is 5.50. The summed E-state index contributed by atoms with van der Waals surface area (Å²) in [5.74, 6) is 1.57. The van der Waals surface area contributed by atoms with E-state index >= 15 is 0 Å². The summed E-state index contributed by atoms with van der Waals surface area (Å²) in [4.78, 5) is 8.04. The Bertz CT molecular complexity index is 311. The van der Waals surface area contributed by atoms with Crippen LogP contribution >= 0.6 is 0 Å². The zero-order chi connectivity index (χ0) is 9.97. The number of rotatable bonds is 3. The topological polar surface area (TPSA) is 84.1 Å². The zero-order valence-electron chi connectivity index (χ0n) is 7.85. The average molecular weight is 194 g/mol. The number of hydrogen-bond acceptors (Lipinski definition) is 5. The highest BCUT2D eigenvalue weighted by Gasteiger charge is 2.26. The third-order valence-electron chi connectivity index (χ3n) is 2.44. The number of nitrogens with two attached hydrogens (primary N) is 1. The maximum absolute atomic E-state index is 9.08. The molecule has 1 heterocycles. The minimum Gasteiger partial charge on any atom is -0.393 e. The van der Waals surface area contributed by atoms with Gasteiger partial charge in [0.1, 0.15) is 5.82 Å². The minimum atomic E-state index is -0.108. The molecule has 1 aliphatic rings. The Morgan fingerprint density at radius 1 is 1.57 bits per heavy atom. The highest BCUT2D eigenvalue weighted by molar-refractivity contribution is 5.34. The van der Waals surface area contributed by atoms with E-state index < -0.39 is 0 Å². The Hall–Kier alpha value is -1.36. The number of nitrogen functional groups attached to an aromatic ring is 1. The van der Waals surface area contributed by atoms with Crippen LogP contribution in [0.25, 0.3) is 0 Å². The van der Waals surface area contributed by atoms with E-state index in [2.05, 4.69) is 15.3 Å². The molecule has 5 nitrogen and oxygen atoms in total. The predicted molar refractivity (Wildman–Crippen MR) is 53.7 cm³/mol. The maximum Gasteiger partial charge on any atom is 0.224 e. The van der Waals surface area contributed by atoms with Crippen LogP contribution in [-0.4, -0.2) is 27.7 Å². The van der Waals surface area contributed by atoms with Crippen molar-refractivity contribution in [3.8, 4) is 0 Å². The first kappa shape index (κ1) is 9.21. The fourth-order valence-electron chi connectivity index (χ4n) is 1.56. The van der Waals surface area contributed by atoms with Gasteiger partial charge in [-0.05, 0) is 24.8 Å². The fraction of sp³-hybridized carbons (Fsp3) is 0.556. The number of anilines is 2. The third-order valence-corrected chi connectivity index (χ3v) is 2.44. The lowest BCUT2D eigenvalue weighted by atomic mass is 9.82. The predicted octanol–water partition coefficient (Wildman–Crippen LogP) is 0.242. The van der Waals surface area contributed by atoms with Crippen molar-refractivity contribution < 1.29 is 5.11 Å². The summed E-state index contributed by atoms with van der Waals surface area (Å²) >= 11 is 0. The molecule has 0 amide bonds. The number of hydrogen-bond donors (Lipinski definition) is 3. The van der Waals surface area contributed by atoms with E-state index in [1.165, 1.54) is 0 Å². The zero-order valence-corrected chi connectivity index (χ0v) is 7.85. The highest BCUT2D eigenvalue weighted by Crippen LogP contribution is 2.26. The van der Waals surface area contributed by atoms with Gasteiger partial charge in [0.25, 0.3) is 0 Å². The van der Waals surface area contributed by atoms with Gasteiger partial charge in [-0.3, -0.25) is 0 Å². The van der Waals surface area contributed by atoms with Crippen molar-refractivity contribution in [3.05, 3.63) is 12.3 Å². The van der Waals surface area contributed by atoms with Crippen molar-refractivity contribution in [2.75, 3.05) is 17.6 Å². The molecular formula is C9H14N4O. The molecule has 0 saturated heterocycles. The largest absolute Gasteiger partial charge is 0.393 e. The van der Waals surface area contributed by atoms with Gasteiger partial charge in [-0.2, -0.15) is 4.98 Å². The molecule has 2 rings (SSSR count). The Labute approximate surface area is 82.4 Å². The smallest absolute Gasteiger partial charge is 0.224 e. The van der Waals surface area contributed by atoms with Crippen LogP contribution in [0, 0.1) is 5.92 Å². The standard InChI is InChI=1S/C9H14N4O/c10-8-1-2-11-9(13-8)12-5-6-3-7(14)4-6/h1-2,6-7,14H,3-5H2,(H3,10,11,12,13). The van der Waals surface area contributed by atoms with Gasteiger partial charge >= 0.3 is 0 Å². The van der Waals surface area contributed by atoms with E-state index in [0.29, 0.717) is 17.7 Å². The first-order valence-corrected chi connectivity index (χ1v) is 4.74. The van der Waals surface area contributed by atoms with E-state index in [9.17, 15) is 0 Å². The molecule has 0 atom stereocenters. The Morgan fingerprint density at radius 2 is 2.36 bits per heavy atom. The molecule has 0 bridgehead atoms. The second kappa shape index (κ2) is 3.79. The lowest BCUT2D eigenvalue weighted by Gasteiger charge is -2.31. The molecule has 0 unspecified atom stereocenters. The Kier molecular flexibility index (Phi) is 2.49. The van der Waals surface area contributed by atoms with Gasteiger partial charge in [0.15, 0.2) is 0 Å². The van der Waals surface area contributed by atoms with Crippen molar-refractivity contribution >= 4 is 11.8 Å². The molecule has 0 aromatic carbocycles. The summed E-state index contributed by atoms with van der Waals surface area (Å²) < 4.78 is 0. The fourth-order valence-corrected chi connectivity index (χ4v) is 1.56. The summed E-state index contributed by atoms with van der Waals surface area (Å²) in [6.45, 7) is 0.806. The minimum absolute atomic E-state index is 0.108. The first-order valence-electron chi connectivity index (χ1n) is 4.74. The van der Waals surface area contributed by atoms with Gasteiger partial charge in [-0.25, -0.2) is 4.98 Å².